The molecule has 21 heavy (non-hydrogen) atoms. The van der Waals surface area contributed by atoms with Crippen molar-refractivity contribution in [2.45, 2.75) is 31.7 Å². The second-order valence-electron chi connectivity index (χ2n) is 5.41. The molecule has 0 amide bonds. The van der Waals surface area contributed by atoms with E-state index in [1.807, 2.05) is 7.05 Å². The third-order valence-corrected chi connectivity index (χ3v) is 5.08. The zero-order valence-corrected chi connectivity index (χ0v) is 13.4. The van der Waals surface area contributed by atoms with Crippen LogP contribution in [0.2, 0.25) is 0 Å². The van der Waals surface area contributed by atoms with Crippen molar-refractivity contribution in [2.75, 3.05) is 26.7 Å². The number of hydrogen-bond donors (Lipinski definition) is 2. The maximum atomic E-state index is 12.0. The van der Waals surface area contributed by atoms with Crippen LogP contribution in [0.5, 0.6) is 0 Å². The second kappa shape index (κ2) is 7.30. The van der Waals surface area contributed by atoms with Gasteiger partial charge in [0.2, 0.25) is 0 Å². The summed E-state index contributed by atoms with van der Waals surface area (Å²) in [6, 6.07) is 0.663. The van der Waals surface area contributed by atoms with E-state index >= 15 is 0 Å². The highest BCUT2D eigenvalue weighted by Crippen LogP contribution is 2.18. The molecule has 0 atom stereocenters. The van der Waals surface area contributed by atoms with Gasteiger partial charge in [0.25, 0.3) is 10.2 Å². The summed E-state index contributed by atoms with van der Waals surface area (Å²) in [7, 11) is 0.0218. The van der Waals surface area contributed by atoms with E-state index in [1.54, 1.807) is 17.9 Å². The van der Waals surface area contributed by atoms with E-state index in [4.69, 9.17) is 0 Å². The first kappa shape index (κ1) is 16.3. The van der Waals surface area contributed by atoms with Crippen molar-refractivity contribution in [1.29, 1.82) is 0 Å². The van der Waals surface area contributed by atoms with Gasteiger partial charge in [-0.1, -0.05) is 0 Å². The highest BCUT2D eigenvalue weighted by atomic mass is 32.2. The fourth-order valence-electron chi connectivity index (χ4n) is 1.95. The molecule has 120 valence electrons. The molecule has 1 aliphatic rings. The Bertz CT molecular complexity index is 540. The molecule has 8 nitrogen and oxygen atoms in total. The van der Waals surface area contributed by atoms with Gasteiger partial charge in [0.15, 0.2) is 0 Å². The molecule has 1 aromatic heterocycles. The Morgan fingerprint density at radius 2 is 2.19 bits per heavy atom. The van der Waals surface area contributed by atoms with Gasteiger partial charge in [-0.3, -0.25) is 0 Å². The van der Waals surface area contributed by atoms with Crippen LogP contribution in [0.4, 0.5) is 0 Å². The van der Waals surface area contributed by atoms with Gasteiger partial charge in [-0.25, -0.2) is 4.72 Å². The molecule has 1 aromatic rings. The van der Waals surface area contributed by atoms with E-state index in [1.165, 1.54) is 17.1 Å². The molecule has 0 saturated heterocycles. The van der Waals surface area contributed by atoms with Gasteiger partial charge in [0.05, 0.1) is 0 Å². The zero-order valence-electron chi connectivity index (χ0n) is 12.6. The minimum absolute atomic E-state index is 0.319. The quantitative estimate of drug-likeness (QED) is 0.555. The average molecular weight is 316 g/mol. The third-order valence-electron chi connectivity index (χ3n) is 3.51. The summed E-state index contributed by atoms with van der Waals surface area (Å²) in [5, 5.41) is 11.1. The van der Waals surface area contributed by atoms with Crippen molar-refractivity contribution in [3.63, 3.8) is 0 Å². The summed E-state index contributed by atoms with van der Waals surface area (Å²) < 4.78 is 29.8. The molecule has 1 fully saturated rings. The highest BCUT2D eigenvalue weighted by Gasteiger charge is 2.20. The standard InChI is InChI=1S/C12H24N6O2S/c1-17-10-14-16-12(17)6-8-15-21(19,20)18(2)9-3-7-13-11-4-5-11/h10-11,13,15H,3-9H2,1-2H3. The largest absolute Gasteiger partial charge is 0.321 e. The Hall–Kier alpha value is -1.03. The molecule has 1 saturated carbocycles. The van der Waals surface area contributed by atoms with E-state index in [0.29, 0.717) is 25.6 Å². The van der Waals surface area contributed by atoms with Gasteiger partial charge < -0.3 is 9.88 Å². The maximum absolute atomic E-state index is 12.0. The third kappa shape index (κ3) is 5.34. The Balaban J connectivity index is 1.65. The Labute approximate surface area is 126 Å². The number of nitrogens with one attached hydrogen (secondary N) is 2. The molecule has 2 N–H and O–H groups in total. The Morgan fingerprint density at radius 3 is 2.81 bits per heavy atom. The number of rotatable bonds is 10. The van der Waals surface area contributed by atoms with Crippen LogP contribution < -0.4 is 10.0 Å². The molecule has 1 heterocycles. The van der Waals surface area contributed by atoms with E-state index in [9.17, 15) is 8.42 Å². The van der Waals surface area contributed by atoms with Crippen molar-refractivity contribution < 1.29 is 8.42 Å². The first-order valence-corrected chi connectivity index (χ1v) is 8.70. The zero-order chi connectivity index (χ0) is 15.3. The molecule has 2 rings (SSSR count). The van der Waals surface area contributed by atoms with Gasteiger partial charge in [-0.2, -0.15) is 12.7 Å². The molecular weight excluding hydrogens is 292 g/mol. The summed E-state index contributed by atoms with van der Waals surface area (Å²) in [5.41, 5.74) is 0. The van der Waals surface area contributed by atoms with Crippen LogP contribution in [0.25, 0.3) is 0 Å². The van der Waals surface area contributed by atoms with Gasteiger partial charge in [-0.15, -0.1) is 10.2 Å². The van der Waals surface area contributed by atoms with Crippen molar-refractivity contribution in [3.8, 4) is 0 Å². The fourth-order valence-corrected chi connectivity index (χ4v) is 2.90. The molecule has 0 spiro atoms. The van der Waals surface area contributed by atoms with Gasteiger partial charge >= 0.3 is 0 Å². The number of hydrogen-bond acceptors (Lipinski definition) is 5. The monoisotopic (exact) mass is 316 g/mol. The predicted molar refractivity (Wildman–Crippen MR) is 79.9 cm³/mol. The average Bonchev–Trinajstić information content (AvgIpc) is 3.17. The van der Waals surface area contributed by atoms with Crippen LogP contribution in [-0.4, -0.2) is 60.2 Å². The molecule has 0 radical (unpaired) electrons. The van der Waals surface area contributed by atoms with Crippen molar-refractivity contribution in [1.82, 2.24) is 29.1 Å². The lowest BCUT2D eigenvalue weighted by Crippen LogP contribution is -2.40. The van der Waals surface area contributed by atoms with Crippen molar-refractivity contribution in [3.05, 3.63) is 12.2 Å². The minimum Gasteiger partial charge on any atom is -0.321 e. The SMILES string of the molecule is CN(CCCNC1CC1)S(=O)(=O)NCCc1nncn1C. The molecule has 1 aliphatic carbocycles. The Morgan fingerprint density at radius 1 is 1.43 bits per heavy atom. The second-order valence-corrected chi connectivity index (χ2v) is 7.27. The Kier molecular flexibility index (Phi) is 5.68. The lowest BCUT2D eigenvalue weighted by atomic mass is 10.4. The van der Waals surface area contributed by atoms with Gasteiger partial charge in [-0.05, 0) is 25.8 Å². The van der Waals surface area contributed by atoms with E-state index < -0.39 is 10.2 Å². The molecule has 0 unspecified atom stereocenters. The number of nitrogens with zero attached hydrogens (tertiary/aromatic N) is 4. The topological polar surface area (TPSA) is 92.2 Å². The van der Waals surface area contributed by atoms with Gasteiger partial charge in [0.1, 0.15) is 12.2 Å². The summed E-state index contributed by atoms with van der Waals surface area (Å²) >= 11 is 0. The normalized spacial score (nSPS) is 15.8. The lowest BCUT2D eigenvalue weighted by molar-refractivity contribution is 0.444. The summed E-state index contributed by atoms with van der Waals surface area (Å²) in [6.45, 7) is 1.70. The van der Waals surface area contributed by atoms with Crippen LogP contribution >= 0.6 is 0 Å². The first-order chi connectivity index (χ1) is 9.99. The van der Waals surface area contributed by atoms with Crippen molar-refractivity contribution >= 4 is 10.2 Å². The first-order valence-electron chi connectivity index (χ1n) is 7.26. The lowest BCUT2D eigenvalue weighted by Gasteiger charge is -2.17. The van der Waals surface area contributed by atoms with Crippen molar-refractivity contribution in [2.24, 2.45) is 7.05 Å². The van der Waals surface area contributed by atoms with Crippen LogP contribution in [0.1, 0.15) is 25.1 Å². The van der Waals surface area contributed by atoms with Gasteiger partial charge in [0, 0.05) is 39.6 Å². The summed E-state index contributed by atoms with van der Waals surface area (Å²) in [5.74, 6) is 0.758. The molecule has 0 aliphatic heterocycles. The van der Waals surface area contributed by atoms with Crippen LogP contribution in [0.3, 0.4) is 0 Å². The van der Waals surface area contributed by atoms with E-state index in [-0.39, 0.29) is 0 Å². The van der Waals surface area contributed by atoms with Crippen LogP contribution in [0, 0.1) is 0 Å². The fraction of sp³-hybridized carbons (Fsp3) is 0.833. The predicted octanol–water partition coefficient (Wildman–Crippen LogP) is -0.734. The molecule has 0 aromatic carbocycles. The highest BCUT2D eigenvalue weighted by molar-refractivity contribution is 7.87. The summed E-state index contributed by atoms with van der Waals surface area (Å²) in [4.78, 5) is 0. The van der Waals surface area contributed by atoms with Crippen LogP contribution in [0.15, 0.2) is 6.33 Å². The number of aromatic nitrogens is 3. The summed E-state index contributed by atoms with van der Waals surface area (Å²) in [6.07, 6.45) is 5.43. The van der Waals surface area contributed by atoms with E-state index in [0.717, 1.165) is 18.8 Å². The minimum atomic E-state index is -3.41. The maximum Gasteiger partial charge on any atom is 0.279 e. The molecule has 0 bridgehead atoms. The van der Waals surface area contributed by atoms with E-state index in [2.05, 4.69) is 20.2 Å². The van der Waals surface area contributed by atoms with Crippen LogP contribution in [-0.2, 0) is 23.7 Å². The molecular formula is C12H24N6O2S. The number of aryl methyl sites for hydroxylation is 1. The smallest absolute Gasteiger partial charge is 0.279 e. The molecule has 9 heteroatoms.